The lowest BCUT2D eigenvalue weighted by atomic mass is 10.0. The zero-order valence-electron chi connectivity index (χ0n) is 13.4. The van der Waals surface area contributed by atoms with E-state index >= 15 is 0 Å². The average Bonchev–Trinajstić information content (AvgIpc) is 3.44. The molecule has 5 heteroatoms. The van der Waals surface area contributed by atoms with Gasteiger partial charge in [0.25, 0.3) is 5.91 Å². The van der Waals surface area contributed by atoms with E-state index < -0.39 is 6.03 Å². The summed E-state index contributed by atoms with van der Waals surface area (Å²) in [5, 5.41) is 5.68. The molecular weight excluding hydrogens is 302 g/mol. The monoisotopic (exact) mass is 323 g/mol. The molecule has 2 aromatic rings. The minimum Gasteiger partial charge on any atom is -0.352 e. The van der Waals surface area contributed by atoms with E-state index in [4.69, 9.17) is 5.73 Å². The van der Waals surface area contributed by atoms with Gasteiger partial charge in [-0.05, 0) is 42.0 Å². The molecule has 5 nitrogen and oxygen atoms in total. The van der Waals surface area contributed by atoms with Crippen molar-refractivity contribution in [1.82, 2.24) is 10.6 Å². The fourth-order valence-electron chi connectivity index (χ4n) is 2.75. The molecule has 1 aliphatic rings. The Kier molecular flexibility index (Phi) is 4.79. The molecule has 0 spiro atoms. The number of rotatable bonds is 6. The fourth-order valence-corrected chi connectivity index (χ4v) is 2.75. The first-order chi connectivity index (χ1) is 11.6. The fraction of sp³-hybridized carbons (Fsp3) is 0.263. The number of benzene rings is 2. The highest BCUT2D eigenvalue weighted by atomic mass is 16.2. The first-order valence-electron chi connectivity index (χ1n) is 8.11. The Morgan fingerprint density at radius 1 is 1.04 bits per heavy atom. The van der Waals surface area contributed by atoms with Gasteiger partial charge in [-0.1, -0.05) is 42.5 Å². The number of nitrogens with one attached hydrogen (secondary N) is 2. The van der Waals surface area contributed by atoms with Gasteiger partial charge in [-0.3, -0.25) is 4.79 Å². The van der Waals surface area contributed by atoms with Crippen molar-refractivity contribution in [2.75, 3.05) is 0 Å². The third-order valence-electron chi connectivity index (χ3n) is 4.22. The van der Waals surface area contributed by atoms with E-state index in [0.717, 1.165) is 24.0 Å². The van der Waals surface area contributed by atoms with Gasteiger partial charge in [0.05, 0.1) is 6.04 Å². The van der Waals surface area contributed by atoms with E-state index in [2.05, 4.69) is 22.8 Å². The van der Waals surface area contributed by atoms with Gasteiger partial charge in [0, 0.05) is 12.1 Å². The van der Waals surface area contributed by atoms with E-state index in [1.54, 1.807) is 12.1 Å². The Morgan fingerprint density at radius 3 is 2.29 bits per heavy atom. The first-order valence-corrected chi connectivity index (χ1v) is 8.11. The van der Waals surface area contributed by atoms with Gasteiger partial charge < -0.3 is 16.4 Å². The van der Waals surface area contributed by atoms with Gasteiger partial charge in [-0.25, -0.2) is 4.79 Å². The summed E-state index contributed by atoms with van der Waals surface area (Å²) < 4.78 is 0. The van der Waals surface area contributed by atoms with Gasteiger partial charge in [-0.2, -0.15) is 0 Å². The van der Waals surface area contributed by atoms with E-state index in [0.29, 0.717) is 18.0 Å². The summed E-state index contributed by atoms with van der Waals surface area (Å²) in [6.07, 6.45) is 2.30. The second kappa shape index (κ2) is 7.17. The predicted molar refractivity (Wildman–Crippen MR) is 92.2 cm³/mol. The highest BCUT2D eigenvalue weighted by Crippen LogP contribution is 2.41. The van der Waals surface area contributed by atoms with Crippen LogP contribution in [-0.2, 0) is 6.54 Å². The molecule has 1 atom stereocenters. The molecule has 0 saturated heterocycles. The average molecular weight is 323 g/mol. The molecule has 2 aromatic carbocycles. The largest absolute Gasteiger partial charge is 0.352 e. The second-order valence-corrected chi connectivity index (χ2v) is 6.11. The number of hydrogen-bond acceptors (Lipinski definition) is 2. The van der Waals surface area contributed by atoms with Gasteiger partial charge in [0.2, 0.25) is 0 Å². The summed E-state index contributed by atoms with van der Waals surface area (Å²) in [7, 11) is 0. The highest BCUT2D eigenvalue weighted by Gasteiger charge is 2.33. The van der Waals surface area contributed by atoms with E-state index in [1.165, 1.54) is 0 Å². The van der Waals surface area contributed by atoms with Gasteiger partial charge in [-0.15, -0.1) is 0 Å². The summed E-state index contributed by atoms with van der Waals surface area (Å²) in [5.41, 5.74) is 7.70. The lowest BCUT2D eigenvalue weighted by Crippen LogP contribution is -2.30. The molecule has 0 heterocycles. The van der Waals surface area contributed by atoms with Crippen molar-refractivity contribution in [1.29, 1.82) is 0 Å². The molecular formula is C19H21N3O2. The zero-order valence-corrected chi connectivity index (χ0v) is 13.4. The molecule has 1 fully saturated rings. The SMILES string of the molecule is NC(=O)NCc1ccc(C(=O)NC(c2ccccc2)C2CC2)cc1. The molecule has 1 saturated carbocycles. The van der Waals surface area contributed by atoms with E-state index in [-0.39, 0.29) is 11.9 Å². The third-order valence-corrected chi connectivity index (χ3v) is 4.22. The Bertz CT molecular complexity index is 709. The van der Waals surface area contributed by atoms with E-state index in [9.17, 15) is 9.59 Å². The van der Waals surface area contributed by atoms with Crippen molar-refractivity contribution >= 4 is 11.9 Å². The lowest BCUT2D eigenvalue weighted by molar-refractivity contribution is 0.0931. The smallest absolute Gasteiger partial charge is 0.312 e. The van der Waals surface area contributed by atoms with Gasteiger partial charge in [0.15, 0.2) is 0 Å². The third kappa shape index (κ3) is 4.13. The van der Waals surface area contributed by atoms with Crippen molar-refractivity contribution in [2.24, 2.45) is 11.7 Å². The maximum atomic E-state index is 12.5. The molecule has 4 N–H and O–H groups in total. The van der Waals surface area contributed by atoms with Crippen molar-refractivity contribution in [3.8, 4) is 0 Å². The summed E-state index contributed by atoms with van der Waals surface area (Å²) in [6, 6.07) is 16.8. The van der Waals surface area contributed by atoms with Crippen LogP contribution in [0.2, 0.25) is 0 Å². The molecule has 0 radical (unpaired) electrons. The van der Waals surface area contributed by atoms with Crippen molar-refractivity contribution < 1.29 is 9.59 Å². The number of carbonyl (C=O) groups is 2. The lowest BCUT2D eigenvalue weighted by Gasteiger charge is -2.19. The predicted octanol–water partition coefficient (Wildman–Crippen LogP) is 2.74. The van der Waals surface area contributed by atoms with Crippen LogP contribution in [0.4, 0.5) is 4.79 Å². The Morgan fingerprint density at radius 2 is 1.71 bits per heavy atom. The van der Waals surface area contributed by atoms with Gasteiger partial charge in [0.1, 0.15) is 0 Å². The van der Waals surface area contributed by atoms with Gasteiger partial charge >= 0.3 is 6.03 Å². The molecule has 3 amide bonds. The molecule has 0 bridgehead atoms. The quantitative estimate of drug-likeness (QED) is 0.763. The second-order valence-electron chi connectivity index (χ2n) is 6.11. The van der Waals surface area contributed by atoms with E-state index in [1.807, 2.05) is 30.3 Å². The summed E-state index contributed by atoms with van der Waals surface area (Å²) in [4.78, 5) is 23.3. The number of primary amides is 1. The molecule has 124 valence electrons. The first kappa shape index (κ1) is 16.1. The van der Waals surface area contributed by atoms with Crippen LogP contribution in [0.1, 0.15) is 40.4 Å². The van der Waals surface area contributed by atoms with Crippen molar-refractivity contribution in [2.45, 2.75) is 25.4 Å². The van der Waals surface area contributed by atoms with Crippen molar-refractivity contribution in [3.05, 3.63) is 71.3 Å². The highest BCUT2D eigenvalue weighted by molar-refractivity contribution is 5.94. The topological polar surface area (TPSA) is 84.2 Å². The van der Waals surface area contributed by atoms with Crippen LogP contribution in [0.3, 0.4) is 0 Å². The number of carbonyl (C=O) groups excluding carboxylic acids is 2. The summed E-state index contributed by atoms with van der Waals surface area (Å²) in [5.74, 6) is 0.445. The Balaban J connectivity index is 1.66. The summed E-state index contributed by atoms with van der Waals surface area (Å²) in [6.45, 7) is 0.353. The number of nitrogens with two attached hydrogens (primary N) is 1. The van der Waals surface area contributed by atoms with Crippen LogP contribution < -0.4 is 16.4 Å². The number of hydrogen-bond donors (Lipinski definition) is 3. The Labute approximate surface area is 141 Å². The normalized spacial score (nSPS) is 14.7. The molecule has 0 aliphatic heterocycles. The Hall–Kier alpha value is -2.82. The molecule has 0 aromatic heterocycles. The van der Waals surface area contributed by atoms with Crippen LogP contribution in [0.5, 0.6) is 0 Å². The molecule has 1 unspecified atom stereocenters. The minimum absolute atomic E-state index is 0.0647. The zero-order chi connectivity index (χ0) is 16.9. The van der Waals surface area contributed by atoms with Crippen LogP contribution >= 0.6 is 0 Å². The van der Waals surface area contributed by atoms with Crippen LogP contribution in [0.25, 0.3) is 0 Å². The van der Waals surface area contributed by atoms with Crippen LogP contribution in [-0.4, -0.2) is 11.9 Å². The van der Waals surface area contributed by atoms with Crippen molar-refractivity contribution in [3.63, 3.8) is 0 Å². The summed E-state index contributed by atoms with van der Waals surface area (Å²) >= 11 is 0. The maximum Gasteiger partial charge on any atom is 0.312 e. The van der Waals surface area contributed by atoms with Crippen LogP contribution in [0.15, 0.2) is 54.6 Å². The number of urea groups is 1. The molecule has 1 aliphatic carbocycles. The van der Waals surface area contributed by atoms with Crippen LogP contribution in [0, 0.1) is 5.92 Å². The molecule has 3 rings (SSSR count). The minimum atomic E-state index is -0.563. The maximum absolute atomic E-state index is 12.5. The standard InChI is InChI=1S/C19H21N3O2/c20-19(24)21-12-13-6-8-16(9-7-13)18(23)22-17(15-10-11-15)14-4-2-1-3-5-14/h1-9,15,17H,10-12H2,(H,22,23)(H3,20,21,24). The molecule has 24 heavy (non-hydrogen) atoms. The number of amides is 3.